The Balaban J connectivity index is 1.76. The highest BCUT2D eigenvalue weighted by atomic mass is 32.1. The van der Waals surface area contributed by atoms with Crippen LogP contribution in [0.5, 0.6) is 0 Å². The average molecular weight is 390 g/mol. The number of likely N-dealkylation sites (tertiary alicyclic amines) is 1. The Morgan fingerprint density at radius 3 is 2.70 bits per heavy atom. The zero-order valence-electron chi connectivity index (χ0n) is 16.1. The van der Waals surface area contributed by atoms with Crippen LogP contribution in [0.25, 0.3) is 0 Å². The summed E-state index contributed by atoms with van der Waals surface area (Å²) < 4.78 is 1.78. The Bertz CT molecular complexity index is 800. The quantitative estimate of drug-likeness (QED) is 0.475. The standard InChI is InChI=1S/C18H27N7OS/c1-13-11-21-24(3)16(13)22-18(25-9-5-4-6-10-25)23(2)12-20-17(26)14-7-8-15(19)27-14/h7-8,11H,4-6,9-10,12,19H2,1-3H3,(H,20,26)/b22-18+. The van der Waals surface area contributed by atoms with Gasteiger partial charge in [0, 0.05) is 32.7 Å². The molecule has 0 aliphatic carbocycles. The van der Waals surface area contributed by atoms with E-state index in [2.05, 4.69) is 15.3 Å². The van der Waals surface area contributed by atoms with Gasteiger partial charge >= 0.3 is 0 Å². The summed E-state index contributed by atoms with van der Waals surface area (Å²) in [7, 11) is 3.84. The van der Waals surface area contributed by atoms with Crippen LogP contribution in [-0.4, -0.2) is 58.3 Å². The molecule has 1 aliphatic heterocycles. The third-order valence-corrected chi connectivity index (χ3v) is 5.51. The number of guanidine groups is 1. The SMILES string of the molecule is Cc1cnn(C)c1/N=C(\N(C)CNC(=O)c1ccc(N)s1)N1CCCCC1. The fourth-order valence-electron chi connectivity index (χ4n) is 3.11. The Morgan fingerprint density at radius 2 is 2.11 bits per heavy atom. The van der Waals surface area contributed by atoms with Gasteiger partial charge in [0.1, 0.15) is 0 Å². The molecule has 3 N–H and O–H groups in total. The van der Waals surface area contributed by atoms with Gasteiger partial charge in [-0.25, -0.2) is 0 Å². The molecular weight excluding hydrogens is 362 g/mol. The minimum atomic E-state index is -0.127. The number of anilines is 1. The predicted molar refractivity (Wildman–Crippen MR) is 109 cm³/mol. The van der Waals surface area contributed by atoms with Crippen molar-refractivity contribution < 1.29 is 4.79 Å². The molecule has 3 rings (SSSR count). The lowest BCUT2D eigenvalue weighted by molar-refractivity contribution is 0.0943. The topological polar surface area (TPSA) is 91.8 Å². The number of nitrogen functional groups attached to an aromatic ring is 1. The molecule has 1 fully saturated rings. The Hall–Kier alpha value is -2.55. The van der Waals surface area contributed by atoms with E-state index in [1.54, 1.807) is 16.8 Å². The number of hydrogen-bond donors (Lipinski definition) is 2. The van der Waals surface area contributed by atoms with Crippen LogP contribution < -0.4 is 11.1 Å². The third-order valence-electron chi connectivity index (χ3n) is 4.60. The predicted octanol–water partition coefficient (Wildman–Crippen LogP) is 2.16. The van der Waals surface area contributed by atoms with Crippen molar-refractivity contribution in [2.45, 2.75) is 26.2 Å². The molecule has 0 atom stereocenters. The zero-order chi connectivity index (χ0) is 19.4. The van der Waals surface area contributed by atoms with Crippen LogP contribution in [-0.2, 0) is 7.05 Å². The zero-order valence-corrected chi connectivity index (χ0v) is 16.9. The van der Waals surface area contributed by atoms with E-state index in [9.17, 15) is 4.79 Å². The van der Waals surface area contributed by atoms with E-state index in [1.165, 1.54) is 17.8 Å². The minimum Gasteiger partial charge on any atom is -0.391 e. The number of hydrogen-bond acceptors (Lipinski definition) is 5. The average Bonchev–Trinajstić information content (AvgIpc) is 3.24. The molecule has 0 radical (unpaired) electrons. The summed E-state index contributed by atoms with van der Waals surface area (Å²) in [5.74, 6) is 1.56. The van der Waals surface area contributed by atoms with Crippen LogP contribution in [0.2, 0.25) is 0 Å². The molecule has 0 bridgehead atoms. The molecule has 8 nitrogen and oxygen atoms in total. The normalized spacial score (nSPS) is 15.1. The van der Waals surface area contributed by atoms with Crippen molar-refractivity contribution in [3.63, 3.8) is 0 Å². The fraction of sp³-hybridized carbons (Fsp3) is 0.500. The minimum absolute atomic E-state index is 0.127. The number of aromatic nitrogens is 2. The van der Waals surface area contributed by atoms with Gasteiger partial charge in [-0.3, -0.25) is 9.48 Å². The van der Waals surface area contributed by atoms with Crippen LogP contribution in [0.15, 0.2) is 23.3 Å². The molecular formula is C18H27N7OS. The number of nitrogens with two attached hydrogens (primary N) is 1. The molecule has 146 valence electrons. The summed E-state index contributed by atoms with van der Waals surface area (Å²) >= 11 is 1.29. The van der Waals surface area contributed by atoms with Gasteiger partial charge in [0.25, 0.3) is 5.91 Å². The molecule has 0 spiro atoms. The van der Waals surface area contributed by atoms with Gasteiger partial charge in [-0.2, -0.15) is 10.1 Å². The van der Waals surface area contributed by atoms with Gasteiger partial charge in [0.15, 0.2) is 5.82 Å². The maximum Gasteiger partial charge on any atom is 0.262 e. The molecule has 2 aromatic rings. The Morgan fingerprint density at radius 1 is 1.37 bits per heavy atom. The van der Waals surface area contributed by atoms with Gasteiger partial charge < -0.3 is 20.9 Å². The van der Waals surface area contributed by atoms with Crippen LogP contribution in [0.4, 0.5) is 10.8 Å². The number of aryl methyl sites for hydroxylation is 2. The van der Waals surface area contributed by atoms with Crippen LogP contribution in [0.3, 0.4) is 0 Å². The van der Waals surface area contributed by atoms with Crippen molar-refractivity contribution in [2.24, 2.45) is 12.0 Å². The Kier molecular flexibility index (Phi) is 6.00. The first-order chi connectivity index (χ1) is 13.0. The number of carbonyl (C=O) groups excluding carboxylic acids is 1. The molecule has 1 aliphatic rings. The van der Waals surface area contributed by atoms with E-state index in [4.69, 9.17) is 10.7 Å². The number of amides is 1. The molecule has 2 aromatic heterocycles. The highest BCUT2D eigenvalue weighted by molar-refractivity contribution is 7.17. The van der Waals surface area contributed by atoms with E-state index in [-0.39, 0.29) is 5.91 Å². The number of thiophene rings is 1. The molecule has 1 saturated heterocycles. The van der Waals surface area contributed by atoms with E-state index in [0.29, 0.717) is 16.5 Å². The molecule has 1 amide bonds. The van der Waals surface area contributed by atoms with Crippen LogP contribution in [0.1, 0.15) is 34.5 Å². The lowest BCUT2D eigenvalue weighted by atomic mass is 10.1. The van der Waals surface area contributed by atoms with Gasteiger partial charge in [0.2, 0.25) is 5.96 Å². The summed E-state index contributed by atoms with van der Waals surface area (Å²) in [5.41, 5.74) is 6.74. The highest BCUT2D eigenvalue weighted by Crippen LogP contribution is 2.20. The summed E-state index contributed by atoms with van der Waals surface area (Å²) in [4.78, 5) is 22.1. The van der Waals surface area contributed by atoms with E-state index in [0.717, 1.165) is 43.3 Å². The van der Waals surface area contributed by atoms with Gasteiger partial charge in [-0.05, 0) is 38.3 Å². The second-order valence-electron chi connectivity index (χ2n) is 6.80. The maximum absolute atomic E-state index is 12.3. The first-order valence-electron chi connectivity index (χ1n) is 9.12. The van der Waals surface area contributed by atoms with Crippen molar-refractivity contribution >= 4 is 34.0 Å². The van der Waals surface area contributed by atoms with E-state index in [1.807, 2.05) is 32.1 Å². The summed E-state index contributed by atoms with van der Waals surface area (Å²) in [6.45, 7) is 4.30. The number of nitrogens with one attached hydrogen (secondary N) is 1. The third kappa shape index (κ3) is 4.60. The molecule has 0 unspecified atom stereocenters. The van der Waals surface area contributed by atoms with Gasteiger partial charge in [-0.15, -0.1) is 11.3 Å². The summed E-state index contributed by atoms with van der Waals surface area (Å²) in [6.07, 6.45) is 5.36. The smallest absolute Gasteiger partial charge is 0.262 e. The Labute approximate surface area is 163 Å². The second-order valence-corrected chi connectivity index (χ2v) is 7.91. The van der Waals surface area contributed by atoms with Crippen molar-refractivity contribution in [3.05, 3.63) is 28.8 Å². The largest absolute Gasteiger partial charge is 0.391 e. The molecule has 3 heterocycles. The number of piperidine rings is 1. The van der Waals surface area contributed by atoms with Crippen molar-refractivity contribution in [1.29, 1.82) is 0 Å². The summed E-state index contributed by atoms with van der Waals surface area (Å²) in [5, 5.41) is 7.87. The van der Waals surface area contributed by atoms with Crippen LogP contribution >= 0.6 is 11.3 Å². The number of carbonyl (C=O) groups is 1. The van der Waals surface area contributed by atoms with Crippen LogP contribution in [0, 0.1) is 6.92 Å². The molecule has 0 saturated carbocycles. The summed E-state index contributed by atoms with van der Waals surface area (Å²) in [6, 6.07) is 3.49. The highest BCUT2D eigenvalue weighted by Gasteiger charge is 2.20. The van der Waals surface area contributed by atoms with Gasteiger partial charge in [0.05, 0.1) is 22.7 Å². The van der Waals surface area contributed by atoms with Crippen molar-refractivity contribution in [1.82, 2.24) is 24.9 Å². The van der Waals surface area contributed by atoms with Crippen molar-refractivity contribution in [2.75, 3.05) is 32.5 Å². The first kappa shape index (κ1) is 19.2. The number of aliphatic imine (C=N–C) groups is 1. The number of nitrogens with zero attached hydrogens (tertiary/aromatic N) is 5. The molecule has 0 aromatic carbocycles. The molecule has 27 heavy (non-hydrogen) atoms. The lowest BCUT2D eigenvalue weighted by Gasteiger charge is -2.34. The lowest BCUT2D eigenvalue weighted by Crippen LogP contribution is -2.48. The molecule has 9 heteroatoms. The van der Waals surface area contributed by atoms with Crippen molar-refractivity contribution in [3.8, 4) is 0 Å². The monoisotopic (exact) mass is 389 g/mol. The van der Waals surface area contributed by atoms with E-state index < -0.39 is 0 Å². The second kappa shape index (κ2) is 8.43. The van der Waals surface area contributed by atoms with Gasteiger partial charge in [-0.1, -0.05) is 0 Å². The van der Waals surface area contributed by atoms with E-state index >= 15 is 0 Å². The number of rotatable bonds is 4. The maximum atomic E-state index is 12.3. The first-order valence-corrected chi connectivity index (χ1v) is 9.94. The fourth-order valence-corrected chi connectivity index (χ4v) is 3.80.